The molecule has 2 heterocycles. The van der Waals surface area contributed by atoms with Gasteiger partial charge in [-0.2, -0.15) is 13.2 Å². The highest BCUT2D eigenvalue weighted by Gasteiger charge is 2.49. The zero-order valence-corrected chi connectivity index (χ0v) is 23.3. The van der Waals surface area contributed by atoms with Crippen LogP contribution in [0.1, 0.15) is 30.4 Å². The highest BCUT2D eigenvalue weighted by Crippen LogP contribution is 2.51. The number of nitro benzene ring substituents is 1. The lowest BCUT2D eigenvalue weighted by Gasteiger charge is -2.31. The molecule has 3 aromatic carbocycles. The fourth-order valence-electron chi connectivity index (χ4n) is 6.44. The molecule has 1 aromatic heterocycles. The molecule has 12 heteroatoms. The first-order valence-electron chi connectivity index (χ1n) is 14.2. The van der Waals surface area contributed by atoms with Crippen LogP contribution in [0.5, 0.6) is 0 Å². The molecule has 0 radical (unpaired) electrons. The summed E-state index contributed by atoms with van der Waals surface area (Å²) >= 11 is 0. The molecule has 43 heavy (non-hydrogen) atoms. The molecule has 4 aromatic rings. The van der Waals surface area contributed by atoms with Crippen molar-refractivity contribution in [3.05, 3.63) is 88.0 Å². The Morgan fingerprint density at radius 3 is 2.26 bits per heavy atom. The normalized spacial score (nSPS) is 15.7. The molecule has 0 unspecified atom stereocenters. The average molecular weight is 594 g/mol. The van der Waals surface area contributed by atoms with Crippen LogP contribution in [0.2, 0.25) is 0 Å². The third-order valence-electron chi connectivity index (χ3n) is 8.31. The maximum Gasteiger partial charge on any atom is 0.405 e. The summed E-state index contributed by atoms with van der Waals surface area (Å²) in [5.74, 6) is -0.0678. The number of nitrogens with zero attached hydrogens (tertiary/aromatic N) is 4. The molecule has 224 valence electrons. The first-order valence-corrected chi connectivity index (χ1v) is 14.2. The van der Waals surface area contributed by atoms with Gasteiger partial charge in [0, 0.05) is 25.7 Å². The number of nitrogens with one attached hydrogen (secondary N) is 1. The third-order valence-corrected chi connectivity index (χ3v) is 8.31. The number of unbranched alkanes of at least 4 members (excludes halogenated alkanes) is 1. The summed E-state index contributed by atoms with van der Waals surface area (Å²) in [6, 6.07) is 19.6. The molecule has 0 saturated carbocycles. The van der Waals surface area contributed by atoms with E-state index in [1.165, 1.54) is 6.07 Å². The van der Waals surface area contributed by atoms with Gasteiger partial charge in [0.25, 0.3) is 5.69 Å². The number of hydrogen-bond donors (Lipinski definition) is 1. The van der Waals surface area contributed by atoms with Crippen LogP contribution in [0.25, 0.3) is 22.2 Å². The van der Waals surface area contributed by atoms with Crippen molar-refractivity contribution in [1.29, 1.82) is 0 Å². The molecule has 0 atom stereocenters. The number of fused-ring (bicyclic) bond motifs is 4. The van der Waals surface area contributed by atoms with Gasteiger partial charge in [0.2, 0.25) is 11.9 Å². The monoisotopic (exact) mass is 593 g/mol. The fourth-order valence-corrected chi connectivity index (χ4v) is 6.44. The standard InChI is InChI=1S/C31H30F3N5O4/c32-31(33,34)20-35-28(40)30(23-10-3-1-8-21(23)22-9-2-4-11-24(22)30)14-5-6-15-38-25-12-7-13-26(39(41)42)27(25)36-29(38)37-16-18-43-19-17-37/h1-4,7-13H,5-6,14-20H2,(H,35,40). The molecule has 1 aliphatic carbocycles. The number of amides is 1. The largest absolute Gasteiger partial charge is 0.405 e. The Kier molecular flexibility index (Phi) is 7.55. The van der Waals surface area contributed by atoms with Crippen LogP contribution in [-0.4, -0.2) is 59.4 Å². The smallest absolute Gasteiger partial charge is 0.378 e. The number of imidazole rings is 1. The van der Waals surface area contributed by atoms with E-state index in [0.717, 1.165) is 11.1 Å². The lowest BCUT2D eigenvalue weighted by atomic mass is 9.73. The molecule has 0 spiro atoms. The molecular weight excluding hydrogens is 563 g/mol. The predicted octanol–water partition coefficient (Wildman–Crippen LogP) is 5.60. The molecule has 1 fully saturated rings. The summed E-state index contributed by atoms with van der Waals surface area (Å²) in [6.07, 6.45) is -3.21. The minimum Gasteiger partial charge on any atom is -0.378 e. The summed E-state index contributed by atoms with van der Waals surface area (Å²) < 4.78 is 47.1. The van der Waals surface area contributed by atoms with Gasteiger partial charge in [-0.15, -0.1) is 0 Å². The number of morpholine rings is 1. The summed E-state index contributed by atoms with van der Waals surface area (Å²) in [6.45, 7) is 1.24. The number of non-ortho nitro benzene ring substituents is 1. The summed E-state index contributed by atoms with van der Waals surface area (Å²) in [4.78, 5) is 31.8. The Hall–Kier alpha value is -4.45. The second-order valence-electron chi connectivity index (χ2n) is 10.8. The molecule has 2 aliphatic rings. The van der Waals surface area contributed by atoms with Crippen molar-refractivity contribution >= 4 is 28.6 Å². The van der Waals surface area contributed by atoms with Crippen LogP contribution in [0.4, 0.5) is 24.8 Å². The highest BCUT2D eigenvalue weighted by atomic mass is 19.4. The number of ether oxygens (including phenoxy) is 1. The van der Waals surface area contributed by atoms with E-state index in [0.29, 0.717) is 73.8 Å². The number of aryl methyl sites for hydroxylation is 1. The van der Waals surface area contributed by atoms with Crippen molar-refractivity contribution in [3.8, 4) is 11.1 Å². The topological polar surface area (TPSA) is 103 Å². The Balaban J connectivity index is 1.32. The van der Waals surface area contributed by atoms with E-state index in [2.05, 4.69) is 10.3 Å². The minimum absolute atomic E-state index is 0.0785. The molecule has 6 rings (SSSR count). The quantitative estimate of drug-likeness (QED) is 0.154. The van der Waals surface area contributed by atoms with Gasteiger partial charge >= 0.3 is 6.18 Å². The zero-order chi connectivity index (χ0) is 30.2. The number of benzene rings is 3. The molecule has 9 nitrogen and oxygen atoms in total. The number of carbonyl (C=O) groups is 1. The maximum absolute atomic E-state index is 13.8. The number of anilines is 1. The van der Waals surface area contributed by atoms with E-state index in [-0.39, 0.29) is 12.1 Å². The van der Waals surface area contributed by atoms with Gasteiger partial charge in [-0.1, -0.05) is 54.6 Å². The van der Waals surface area contributed by atoms with E-state index in [9.17, 15) is 28.1 Å². The van der Waals surface area contributed by atoms with Crippen molar-refractivity contribution in [2.75, 3.05) is 37.7 Å². The summed E-state index contributed by atoms with van der Waals surface area (Å²) in [7, 11) is 0. The van der Waals surface area contributed by atoms with Gasteiger partial charge in [0.1, 0.15) is 12.0 Å². The van der Waals surface area contributed by atoms with Gasteiger partial charge in [0.05, 0.1) is 23.7 Å². The number of rotatable bonds is 9. The SMILES string of the molecule is O=C(NCC(F)(F)F)C1(CCCCn2c(N3CCOCC3)nc3c([N+](=O)[O-])cccc32)c2ccccc2-c2ccccc21. The summed E-state index contributed by atoms with van der Waals surface area (Å²) in [5, 5.41) is 13.9. The van der Waals surface area contributed by atoms with Crippen LogP contribution >= 0.6 is 0 Å². The fraction of sp³-hybridized carbons (Fsp3) is 0.355. The number of carbonyl (C=O) groups excluding carboxylic acids is 1. The van der Waals surface area contributed by atoms with Gasteiger partial charge in [0.15, 0.2) is 5.52 Å². The van der Waals surface area contributed by atoms with Crippen molar-refractivity contribution in [2.24, 2.45) is 0 Å². The second kappa shape index (κ2) is 11.3. The lowest BCUT2D eigenvalue weighted by Crippen LogP contribution is -2.47. The molecule has 1 saturated heterocycles. The van der Waals surface area contributed by atoms with E-state index in [1.54, 1.807) is 24.3 Å². The first kappa shape index (κ1) is 28.7. The highest BCUT2D eigenvalue weighted by molar-refractivity contribution is 6.00. The van der Waals surface area contributed by atoms with Gasteiger partial charge in [-0.05, 0) is 47.6 Å². The molecule has 1 amide bonds. The van der Waals surface area contributed by atoms with E-state index >= 15 is 0 Å². The van der Waals surface area contributed by atoms with Crippen molar-refractivity contribution < 1.29 is 27.6 Å². The van der Waals surface area contributed by atoms with Crippen LogP contribution in [0, 0.1) is 10.1 Å². The van der Waals surface area contributed by atoms with Gasteiger partial charge in [-0.3, -0.25) is 14.9 Å². The van der Waals surface area contributed by atoms with Crippen LogP contribution in [0.15, 0.2) is 66.7 Å². The number of para-hydroxylation sites is 1. The predicted molar refractivity (Wildman–Crippen MR) is 155 cm³/mol. The van der Waals surface area contributed by atoms with Gasteiger partial charge < -0.3 is 19.5 Å². The zero-order valence-electron chi connectivity index (χ0n) is 23.3. The molecule has 1 aliphatic heterocycles. The second-order valence-corrected chi connectivity index (χ2v) is 10.8. The lowest BCUT2D eigenvalue weighted by molar-refractivity contribution is -0.383. The van der Waals surface area contributed by atoms with Crippen LogP contribution < -0.4 is 10.2 Å². The Bertz CT molecular complexity index is 1630. The summed E-state index contributed by atoms with van der Waals surface area (Å²) in [5.41, 5.74) is 2.61. The minimum atomic E-state index is -4.55. The Morgan fingerprint density at radius 2 is 1.63 bits per heavy atom. The third kappa shape index (κ3) is 5.20. The van der Waals surface area contributed by atoms with Crippen LogP contribution in [0.3, 0.4) is 0 Å². The van der Waals surface area contributed by atoms with E-state index in [1.807, 2.05) is 45.9 Å². The van der Waals surface area contributed by atoms with E-state index in [4.69, 9.17) is 4.74 Å². The number of hydrogen-bond acceptors (Lipinski definition) is 6. The first-order chi connectivity index (χ1) is 20.7. The van der Waals surface area contributed by atoms with Crippen LogP contribution in [-0.2, 0) is 21.5 Å². The van der Waals surface area contributed by atoms with Crippen molar-refractivity contribution in [3.63, 3.8) is 0 Å². The van der Waals surface area contributed by atoms with E-state index < -0.39 is 29.0 Å². The molecule has 0 bridgehead atoms. The number of nitro groups is 1. The Morgan fingerprint density at radius 1 is 0.977 bits per heavy atom. The maximum atomic E-state index is 13.8. The van der Waals surface area contributed by atoms with Gasteiger partial charge in [-0.25, -0.2) is 4.98 Å². The average Bonchev–Trinajstić information content (AvgIpc) is 3.52. The molecule has 1 N–H and O–H groups in total. The number of aromatic nitrogens is 2. The number of halogens is 3. The number of alkyl halides is 3. The Labute approximate surface area is 245 Å². The molecular formula is C31H30F3N5O4. The van der Waals surface area contributed by atoms with Crippen molar-refractivity contribution in [1.82, 2.24) is 14.9 Å². The van der Waals surface area contributed by atoms with Crippen molar-refractivity contribution in [2.45, 2.75) is 37.4 Å².